The lowest BCUT2D eigenvalue weighted by Gasteiger charge is -2.27. The van der Waals surface area contributed by atoms with Crippen LogP contribution in [0.5, 0.6) is 0 Å². The van der Waals surface area contributed by atoms with Gasteiger partial charge in [-0.1, -0.05) is 66.6 Å². The summed E-state index contributed by atoms with van der Waals surface area (Å²) in [7, 11) is 0. The van der Waals surface area contributed by atoms with Crippen LogP contribution in [0, 0.1) is 11.8 Å². The summed E-state index contributed by atoms with van der Waals surface area (Å²) in [4.78, 5) is 1.59. The summed E-state index contributed by atoms with van der Waals surface area (Å²) in [5.41, 5.74) is 0.749. The van der Waals surface area contributed by atoms with E-state index in [1.54, 1.807) is 4.90 Å². The van der Waals surface area contributed by atoms with E-state index in [1.165, 1.54) is 38.8 Å². The second-order valence-corrected chi connectivity index (χ2v) is 6.96. The maximum atomic E-state index is 11.4. The van der Waals surface area contributed by atoms with Gasteiger partial charge < -0.3 is 22.4 Å². The van der Waals surface area contributed by atoms with Gasteiger partial charge in [0.15, 0.2) is 0 Å². The fourth-order valence-corrected chi connectivity index (χ4v) is 3.58. The highest BCUT2D eigenvalue weighted by molar-refractivity contribution is 5.37. The van der Waals surface area contributed by atoms with Gasteiger partial charge in [-0.25, -0.2) is 0 Å². The first-order chi connectivity index (χ1) is 12.3. The molecule has 2 aromatic carbocycles. The van der Waals surface area contributed by atoms with E-state index in [-0.39, 0.29) is 12.4 Å². The lowest BCUT2D eigenvalue weighted by molar-refractivity contribution is -0.891. The fourth-order valence-electron chi connectivity index (χ4n) is 3.58. The van der Waals surface area contributed by atoms with Crippen molar-refractivity contribution in [2.24, 2.45) is 0 Å². The van der Waals surface area contributed by atoms with Crippen molar-refractivity contribution < 1.29 is 22.4 Å². The first kappa shape index (κ1) is 20.5. The molecule has 0 spiro atoms. The van der Waals surface area contributed by atoms with Crippen molar-refractivity contribution in [1.29, 1.82) is 0 Å². The molecule has 26 heavy (non-hydrogen) atoms. The van der Waals surface area contributed by atoms with Gasteiger partial charge in [0.05, 0.1) is 13.1 Å². The van der Waals surface area contributed by atoms with Crippen molar-refractivity contribution in [3.63, 3.8) is 0 Å². The van der Waals surface area contributed by atoms with Gasteiger partial charge in [0.25, 0.3) is 0 Å². The molecule has 0 radical (unpaired) electrons. The number of hydrogen-bond donors (Lipinski definition) is 2. The van der Waals surface area contributed by atoms with Crippen molar-refractivity contribution in [2.75, 3.05) is 19.6 Å². The molecule has 0 amide bonds. The Labute approximate surface area is 163 Å². The molecule has 0 aliphatic carbocycles. The number of nitrogens with one attached hydrogen (secondary N) is 1. The topological polar surface area (TPSA) is 24.7 Å². The minimum atomic E-state index is -1.05. The minimum Gasteiger partial charge on any atom is -1.00 e. The van der Waals surface area contributed by atoms with Gasteiger partial charge >= 0.3 is 0 Å². The second-order valence-electron chi connectivity index (χ2n) is 6.96. The smallest absolute Gasteiger partial charge is 0.139 e. The third-order valence-electron chi connectivity index (χ3n) is 5.12. The van der Waals surface area contributed by atoms with Crippen LogP contribution in [0.3, 0.4) is 0 Å². The molecule has 0 aromatic heterocycles. The molecule has 0 saturated carbocycles. The van der Waals surface area contributed by atoms with Gasteiger partial charge in [0.1, 0.15) is 12.1 Å². The molecule has 0 unspecified atom stereocenters. The van der Waals surface area contributed by atoms with Crippen LogP contribution in [-0.2, 0) is 5.60 Å². The first-order valence-corrected chi connectivity index (χ1v) is 9.42. The molecule has 1 fully saturated rings. The number of halogens is 1. The lowest BCUT2D eigenvalue weighted by Crippen LogP contribution is -3.11. The quantitative estimate of drug-likeness (QED) is 0.716. The average molecular weight is 370 g/mol. The predicted molar refractivity (Wildman–Crippen MR) is 102 cm³/mol. The SMILES string of the molecule is OC(CC#CC[NH+]1CCCCCC1)(c1ccccc1)c1ccccc1.[Cl-]. The molecule has 0 bridgehead atoms. The lowest BCUT2D eigenvalue weighted by atomic mass is 9.84. The van der Waals surface area contributed by atoms with Crippen molar-refractivity contribution >= 4 is 0 Å². The van der Waals surface area contributed by atoms with E-state index < -0.39 is 5.60 Å². The third-order valence-corrected chi connectivity index (χ3v) is 5.12. The van der Waals surface area contributed by atoms with E-state index in [1.807, 2.05) is 60.7 Å². The van der Waals surface area contributed by atoms with Crippen LogP contribution in [0.15, 0.2) is 60.7 Å². The summed E-state index contributed by atoms with van der Waals surface area (Å²) in [6.45, 7) is 3.35. The maximum absolute atomic E-state index is 11.4. The van der Waals surface area contributed by atoms with Crippen LogP contribution in [-0.4, -0.2) is 24.7 Å². The normalized spacial score (nSPS) is 15.3. The van der Waals surface area contributed by atoms with Gasteiger partial charge in [-0.2, -0.15) is 0 Å². The average Bonchev–Trinajstić information content (AvgIpc) is 2.95. The van der Waals surface area contributed by atoms with Gasteiger partial charge in [-0.3, -0.25) is 0 Å². The van der Waals surface area contributed by atoms with E-state index in [0.717, 1.165) is 17.7 Å². The summed E-state index contributed by atoms with van der Waals surface area (Å²) in [5.74, 6) is 6.60. The van der Waals surface area contributed by atoms with Gasteiger partial charge in [-0.15, -0.1) is 0 Å². The molecular weight excluding hydrogens is 342 g/mol. The number of aliphatic hydroxyl groups is 1. The molecule has 1 saturated heterocycles. The molecule has 0 atom stereocenters. The maximum Gasteiger partial charge on any atom is 0.139 e. The number of benzene rings is 2. The molecule has 3 heteroatoms. The Bertz CT molecular complexity index is 658. The van der Waals surface area contributed by atoms with Crippen LogP contribution in [0.4, 0.5) is 0 Å². The van der Waals surface area contributed by atoms with E-state index in [2.05, 4.69) is 11.8 Å². The molecule has 2 nitrogen and oxygen atoms in total. The zero-order chi connectivity index (χ0) is 17.4. The summed E-state index contributed by atoms with van der Waals surface area (Å²) in [6, 6.07) is 19.8. The molecule has 2 aromatic rings. The van der Waals surface area contributed by atoms with E-state index in [9.17, 15) is 5.11 Å². The summed E-state index contributed by atoms with van der Waals surface area (Å²) < 4.78 is 0. The Morgan fingerprint density at radius 1 is 0.769 bits per heavy atom. The van der Waals surface area contributed by atoms with Crippen molar-refractivity contribution in [3.8, 4) is 11.8 Å². The summed E-state index contributed by atoms with van der Waals surface area (Å²) in [6.07, 6.45) is 5.77. The Hall–Kier alpha value is -1.79. The van der Waals surface area contributed by atoms with Crippen LogP contribution >= 0.6 is 0 Å². The Kier molecular flexibility index (Phi) is 8.19. The summed E-state index contributed by atoms with van der Waals surface area (Å²) in [5, 5.41) is 11.4. The monoisotopic (exact) mass is 369 g/mol. The highest BCUT2D eigenvalue weighted by Gasteiger charge is 2.30. The predicted octanol–water partition coefficient (Wildman–Crippen LogP) is -0.221. The van der Waals surface area contributed by atoms with Crippen LogP contribution in [0.1, 0.15) is 43.2 Å². The molecule has 3 rings (SSSR count). The van der Waals surface area contributed by atoms with Crippen LogP contribution in [0.2, 0.25) is 0 Å². The van der Waals surface area contributed by atoms with Crippen LogP contribution < -0.4 is 17.3 Å². The Morgan fingerprint density at radius 3 is 1.77 bits per heavy atom. The van der Waals surface area contributed by atoms with Gasteiger partial charge in [0, 0.05) is 6.42 Å². The molecule has 1 aliphatic rings. The van der Waals surface area contributed by atoms with E-state index in [4.69, 9.17) is 0 Å². The molecule has 138 valence electrons. The molecule has 2 N–H and O–H groups in total. The minimum absolute atomic E-state index is 0. The van der Waals surface area contributed by atoms with E-state index in [0.29, 0.717) is 6.42 Å². The number of hydrogen-bond acceptors (Lipinski definition) is 1. The number of rotatable bonds is 4. The third kappa shape index (κ3) is 5.35. The first-order valence-electron chi connectivity index (χ1n) is 9.42. The van der Waals surface area contributed by atoms with Crippen molar-refractivity contribution in [3.05, 3.63) is 71.8 Å². The Balaban J connectivity index is 0.00000243. The molecular formula is C23H28ClNO. The molecule has 1 aliphatic heterocycles. The van der Waals surface area contributed by atoms with Crippen LogP contribution in [0.25, 0.3) is 0 Å². The fraction of sp³-hybridized carbons (Fsp3) is 0.391. The highest BCUT2D eigenvalue weighted by atomic mass is 35.5. The highest BCUT2D eigenvalue weighted by Crippen LogP contribution is 2.32. The van der Waals surface area contributed by atoms with E-state index >= 15 is 0 Å². The Morgan fingerprint density at radius 2 is 1.27 bits per heavy atom. The number of likely N-dealkylation sites (tertiary alicyclic amines) is 1. The van der Waals surface area contributed by atoms with Gasteiger partial charge in [0.2, 0.25) is 0 Å². The van der Waals surface area contributed by atoms with Crippen molar-refractivity contribution in [2.45, 2.75) is 37.7 Å². The number of quaternary nitrogens is 1. The summed E-state index contributed by atoms with van der Waals surface area (Å²) >= 11 is 0. The standard InChI is InChI=1S/C23H27NO.ClH/c25-23(21-13-5-3-6-14-21,22-15-7-4-8-16-22)17-9-12-20-24-18-10-1-2-11-19-24;/h3-8,13-16,25H,1-2,10-11,17-20H2;1H. The zero-order valence-corrected chi connectivity index (χ0v) is 16.0. The second kappa shape index (κ2) is 10.4. The largest absolute Gasteiger partial charge is 1.00 e. The molecule has 1 heterocycles. The zero-order valence-electron chi connectivity index (χ0n) is 15.3. The van der Waals surface area contributed by atoms with Gasteiger partial charge in [-0.05, 0) is 42.7 Å². The van der Waals surface area contributed by atoms with Crippen molar-refractivity contribution in [1.82, 2.24) is 0 Å².